The number of hydrazine groups is 1. The fourth-order valence-corrected chi connectivity index (χ4v) is 2.19. The Bertz CT molecular complexity index is 799. The van der Waals surface area contributed by atoms with Crippen LogP contribution in [0.3, 0.4) is 0 Å². The molecule has 1 aromatic heterocycles. The van der Waals surface area contributed by atoms with Crippen molar-refractivity contribution in [3.8, 4) is 0 Å². The molecule has 0 unspecified atom stereocenters. The van der Waals surface area contributed by atoms with Gasteiger partial charge < -0.3 is 0 Å². The van der Waals surface area contributed by atoms with Gasteiger partial charge >= 0.3 is 0 Å². The SMILES string of the molecule is CSc1ncc(C(=O)NNC(=O)c2ccc([N+](=O)[O-])cc2)c(Cl)n1. The van der Waals surface area contributed by atoms with E-state index in [4.69, 9.17) is 11.6 Å². The molecule has 0 bridgehead atoms. The summed E-state index contributed by atoms with van der Waals surface area (Å²) in [5, 5.41) is 10.9. The van der Waals surface area contributed by atoms with Crippen LogP contribution < -0.4 is 10.9 Å². The molecule has 2 rings (SSSR count). The number of hydrogen-bond donors (Lipinski definition) is 2. The van der Waals surface area contributed by atoms with Crippen LogP contribution in [0.5, 0.6) is 0 Å². The number of hydrogen-bond acceptors (Lipinski definition) is 7. The maximum Gasteiger partial charge on any atom is 0.274 e. The Morgan fingerprint density at radius 3 is 2.38 bits per heavy atom. The average Bonchev–Trinajstić information content (AvgIpc) is 2.59. The van der Waals surface area contributed by atoms with Gasteiger partial charge in [0.15, 0.2) is 5.16 Å². The smallest absolute Gasteiger partial charge is 0.267 e. The van der Waals surface area contributed by atoms with Gasteiger partial charge in [0.2, 0.25) is 0 Å². The zero-order valence-electron chi connectivity index (χ0n) is 12.1. The quantitative estimate of drug-likeness (QED) is 0.277. The molecule has 0 saturated heterocycles. The highest BCUT2D eigenvalue weighted by Crippen LogP contribution is 2.16. The van der Waals surface area contributed by atoms with Crippen molar-refractivity contribution in [2.24, 2.45) is 0 Å². The molecule has 0 aliphatic heterocycles. The van der Waals surface area contributed by atoms with Crippen LogP contribution in [-0.2, 0) is 0 Å². The molecule has 2 amide bonds. The molecule has 0 aliphatic rings. The number of halogens is 1. The normalized spacial score (nSPS) is 10.1. The van der Waals surface area contributed by atoms with Gasteiger partial charge in [-0.15, -0.1) is 0 Å². The van der Waals surface area contributed by atoms with E-state index in [9.17, 15) is 19.7 Å². The van der Waals surface area contributed by atoms with Crippen molar-refractivity contribution < 1.29 is 14.5 Å². The van der Waals surface area contributed by atoms with Crippen molar-refractivity contribution in [3.63, 3.8) is 0 Å². The molecule has 124 valence electrons. The number of benzene rings is 1. The van der Waals surface area contributed by atoms with E-state index in [2.05, 4.69) is 20.8 Å². The van der Waals surface area contributed by atoms with Gasteiger partial charge in [-0.05, 0) is 18.4 Å². The van der Waals surface area contributed by atoms with Crippen LogP contribution in [0.15, 0.2) is 35.6 Å². The van der Waals surface area contributed by atoms with Gasteiger partial charge in [0.1, 0.15) is 5.15 Å². The van der Waals surface area contributed by atoms with E-state index in [1.54, 1.807) is 6.26 Å². The largest absolute Gasteiger partial charge is 0.274 e. The molecule has 24 heavy (non-hydrogen) atoms. The molecule has 2 N–H and O–H groups in total. The number of nitrogens with one attached hydrogen (secondary N) is 2. The maximum absolute atomic E-state index is 12.0. The zero-order valence-corrected chi connectivity index (χ0v) is 13.7. The van der Waals surface area contributed by atoms with Crippen LogP contribution >= 0.6 is 23.4 Å². The Morgan fingerprint density at radius 1 is 1.21 bits per heavy atom. The molecular weight excluding hydrogens is 358 g/mol. The van der Waals surface area contributed by atoms with Crippen molar-refractivity contribution in [3.05, 3.63) is 56.9 Å². The lowest BCUT2D eigenvalue weighted by molar-refractivity contribution is -0.384. The van der Waals surface area contributed by atoms with Crippen molar-refractivity contribution in [2.45, 2.75) is 5.16 Å². The first-order chi connectivity index (χ1) is 11.4. The van der Waals surface area contributed by atoms with Crippen molar-refractivity contribution in [1.82, 2.24) is 20.8 Å². The Hall–Kier alpha value is -2.72. The van der Waals surface area contributed by atoms with E-state index in [1.807, 2.05) is 0 Å². The monoisotopic (exact) mass is 367 g/mol. The Kier molecular flexibility index (Phi) is 5.66. The molecule has 0 spiro atoms. The lowest BCUT2D eigenvalue weighted by atomic mass is 10.2. The summed E-state index contributed by atoms with van der Waals surface area (Å²) < 4.78 is 0. The fourth-order valence-electron chi connectivity index (χ4n) is 1.58. The van der Waals surface area contributed by atoms with E-state index in [-0.39, 0.29) is 22.0 Å². The molecule has 11 heteroatoms. The van der Waals surface area contributed by atoms with Gasteiger partial charge in [-0.2, -0.15) is 0 Å². The fraction of sp³-hybridized carbons (Fsp3) is 0.0769. The minimum Gasteiger partial charge on any atom is -0.267 e. The van der Waals surface area contributed by atoms with Gasteiger partial charge in [0, 0.05) is 23.9 Å². The number of thioether (sulfide) groups is 1. The van der Waals surface area contributed by atoms with E-state index < -0.39 is 16.7 Å². The molecule has 0 radical (unpaired) electrons. The first kappa shape index (κ1) is 17.6. The number of rotatable bonds is 4. The van der Waals surface area contributed by atoms with Crippen LogP contribution in [0.1, 0.15) is 20.7 Å². The third kappa shape index (κ3) is 4.18. The standard InChI is InChI=1S/C13H10ClN5O4S/c1-24-13-15-6-9(10(14)16-13)12(21)18-17-11(20)7-2-4-8(5-3-7)19(22)23/h2-6H,1H3,(H,17,20)(H,18,21). The second-order valence-corrected chi connectivity index (χ2v) is 5.40. The average molecular weight is 368 g/mol. The highest BCUT2D eigenvalue weighted by atomic mass is 35.5. The van der Waals surface area contributed by atoms with E-state index in [1.165, 1.54) is 42.2 Å². The number of nitrogens with zero attached hydrogens (tertiary/aromatic N) is 3. The lowest BCUT2D eigenvalue weighted by Crippen LogP contribution is -2.41. The summed E-state index contributed by atoms with van der Waals surface area (Å²) >= 11 is 7.15. The van der Waals surface area contributed by atoms with Crippen LogP contribution in [0, 0.1) is 10.1 Å². The number of aromatic nitrogens is 2. The maximum atomic E-state index is 12.0. The number of nitro benzene ring substituents is 1. The second kappa shape index (κ2) is 7.70. The van der Waals surface area contributed by atoms with Gasteiger partial charge in [-0.1, -0.05) is 23.4 Å². The number of non-ortho nitro benzene ring substituents is 1. The highest BCUT2D eigenvalue weighted by molar-refractivity contribution is 7.98. The van der Waals surface area contributed by atoms with Crippen LogP contribution in [0.2, 0.25) is 5.15 Å². The van der Waals surface area contributed by atoms with E-state index >= 15 is 0 Å². The molecule has 2 aromatic rings. The Balaban J connectivity index is 2.00. The lowest BCUT2D eigenvalue weighted by Gasteiger charge is -2.08. The van der Waals surface area contributed by atoms with E-state index in [0.29, 0.717) is 5.16 Å². The minimum absolute atomic E-state index is 0.00142. The molecule has 9 nitrogen and oxygen atoms in total. The van der Waals surface area contributed by atoms with Crippen LogP contribution in [-0.4, -0.2) is 33.0 Å². The van der Waals surface area contributed by atoms with Gasteiger partial charge in [-0.3, -0.25) is 30.6 Å². The highest BCUT2D eigenvalue weighted by Gasteiger charge is 2.15. The molecule has 0 atom stereocenters. The van der Waals surface area contributed by atoms with Crippen molar-refractivity contribution in [2.75, 3.05) is 6.26 Å². The van der Waals surface area contributed by atoms with E-state index in [0.717, 1.165) is 0 Å². The summed E-state index contributed by atoms with van der Waals surface area (Å²) in [6.07, 6.45) is 3.00. The third-order valence-corrected chi connectivity index (χ3v) is 3.63. The predicted octanol–water partition coefficient (Wildman–Crippen LogP) is 1.83. The molecule has 1 heterocycles. The van der Waals surface area contributed by atoms with Crippen molar-refractivity contribution in [1.29, 1.82) is 0 Å². The summed E-state index contributed by atoms with van der Waals surface area (Å²) in [6, 6.07) is 4.90. The van der Waals surface area contributed by atoms with Gasteiger partial charge in [0.05, 0.1) is 10.5 Å². The zero-order chi connectivity index (χ0) is 17.7. The summed E-state index contributed by atoms with van der Waals surface area (Å²) in [5.41, 5.74) is 4.34. The number of amides is 2. The molecular formula is C13H10ClN5O4S. The molecule has 1 aromatic carbocycles. The molecule has 0 fully saturated rings. The Labute approximate surface area is 144 Å². The van der Waals surface area contributed by atoms with Crippen LogP contribution in [0.25, 0.3) is 0 Å². The summed E-state index contributed by atoms with van der Waals surface area (Å²) in [7, 11) is 0. The van der Waals surface area contributed by atoms with Crippen molar-refractivity contribution >= 4 is 40.9 Å². The molecule has 0 aliphatic carbocycles. The minimum atomic E-state index is -0.692. The summed E-state index contributed by atoms with van der Waals surface area (Å²) in [6.45, 7) is 0. The predicted molar refractivity (Wildman–Crippen MR) is 86.9 cm³/mol. The van der Waals surface area contributed by atoms with Gasteiger partial charge in [-0.25, -0.2) is 9.97 Å². The number of carbonyl (C=O) groups is 2. The van der Waals surface area contributed by atoms with Gasteiger partial charge in [0.25, 0.3) is 17.5 Å². The second-order valence-electron chi connectivity index (χ2n) is 4.27. The summed E-state index contributed by atoms with van der Waals surface area (Å²) in [5.74, 6) is -1.33. The number of nitro groups is 1. The number of carbonyl (C=O) groups excluding carboxylic acids is 2. The summed E-state index contributed by atoms with van der Waals surface area (Å²) in [4.78, 5) is 41.6. The molecule has 0 saturated carbocycles. The third-order valence-electron chi connectivity index (χ3n) is 2.78. The van der Waals surface area contributed by atoms with Crippen LogP contribution in [0.4, 0.5) is 5.69 Å². The first-order valence-corrected chi connectivity index (χ1v) is 7.94. The Morgan fingerprint density at radius 2 is 1.83 bits per heavy atom. The topological polar surface area (TPSA) is 127 Å². The first-order valence-electron chi connectivity index (χ1n) is 6.34.